The summed E-state index contributed by atoms with van der Waals surface area (Å²) in [6.45, 7) is 0. The van der Waals surface area contributed by atoms with Gasteiger partial charge in [-0.1, -0.05) is 18.1 Å². The molecule has 0 atom stereocenters. The maximum atomic E-state index is 11.2. The molecule has 1 heterocycles. The smallest absolute Gasteiger partial charge is 0.384 e. The lowest BCUT2D eigenvalue weighted by Gasteiger charge is -2.00. The quantitative estimate of drug-likeness (QED) is 0.512. The molecule has 0 saturated carbocycles. The number of carbonyl (C=O) groups is 2. The third-order valence-corrected chi connectivity index (χ3v) is 2.25. The fraction of sp³-hybridized carbons (Fsp3) is 0.167. The van der Waals surface area contributed by atoms with E-state index in [2.05, 4.69) is 21.9 Å². The molecule has 4 nitrogen and oxygen atoms in total. The summed E-state index contributed by atoms with van der Waals surface area (Å²) in [5.41, 5.74) is 2.24. The van der Waals surface area contributed by atoms with E-state index in [0.29, 0.717) is 17.7 Å². The number of carbonyl (C=O) groups excluding carboxylic acids is 2. The van der Waals surface area contributed by atoms with Crippen molar-refractivity contribution in [2.75, 3.05) is 12.4 Å². The highest BCUT2D eigenvalue weighted by molar-refractivity contribution is 6.01. The van der Waals surface area contributed by atoms with E-state index in [1.807, 2.05) is 6.07 Å². The first-order valence-electron chi connectivity index (χ1n) is 4.72. The second-order valence-corrected chi connectivity index (χ2v) is 3.31. The molecule has 1 aliphatic rings. The van der Waals surface area contributed by atoms with Gasteiger partial charge < -0.3 is 10.1 Å². The lowest BCUT2D eigenvalue weighted by Crippen LogP contribution is -2.04. The van der Waals surface area contributed by atoms with Gasteiger partial charge in [0.2, 0.25) is 5.91 Å². The molecule has 0 fully saturated rings. The topological polar surface area (TPSA) is 55.4 Å². The predicted octanol–water partition coefficient (Wildman–Crippen LogP) is 0.706. The number of amides is 1. The molecule has 0 aliphatic carbocycles. The van der Waals surface area contributed by atoms with Gasteiger partial charge in [0.25, 0.3) is 0 Å². The summed E-state index contributed by atoms with van der Waals surface area (Å²) in [7, 11) is 1.27. The molecule has 1 amide bonds. The van der Waals surface area contributed by atoms with Gasteiger partial charge in [-0.25, -0.2) is 4.79 Å². The molecule has 1 aromatic rings. The molecule has 0 saturated heterocycles. The summed E-state index contributed by atoms with van der Waals surface area (Å²) < 4.78 is 4.41. The number of nitrogens with one attached hydrogen (secondary N) is 1. The highest BCUT2D eigenvalue weighted by atomic mass is 16.5. The fourth-order valence-corrected chi connectivity index (χ4v) is 1.53. The van der Waals surface area contributed by atoms with E-state index in [1.165, 1.54) is 7.11 Å². The Balaban J connectivity index is 2.36. The van der Waals surface area contributed by atoms with Gasteiger partial charge in [0, 0.05) is 11.5 Å². The molecule has 2 rings (SSSR count). The Morgan fingerprint density at radius 1 is 1.50 bits per heavy atom. The normalized spacial score (nSPS) is 12.2. The second-order valence-electron chi connectivity index (χ2n) is 3.31. The molecule has 0 bridgehead atoms. The van der Waals surface area contributed by atoms with Crippen molar-refractivity contribution in [3.8, 4) is 11.8 Å². The number of esters is 1. The van der Waals surface area contributed by atoms with E-state index in [4.69, 9.17) is 0 Å². The average molecular weight is 215 g/mol. The zero-order valence-electron chi connectivity index (χ0n) is 8.66. The van der Waals surface area contributed by atoms with Crippen LogP contribution in [0.4, 0.5) is 5.69 Å². The summed E-state index contributed by atoms with van der Waals surface area (Å²) >= 11 is 0. The Morgan fingerprint density at radius 3 is 3.06 bits per heavy atom. The summed E-state index contributed by atoms with van der Waals surface area (Å²) in [4.78, 5) is 22.1. The standard InChI is InChI=1S/C12H9NO3/c1-16-11(15)6-5-8-3-2-4-9-7-10(14)13-12(8)9/h2-4H,7H2,1H3,(H,13,14). The molecule has 80 valence electrons. The van der Waals surface area contributed by atoms with Crippen molar-refractivity contribution < 1.29 is 14.3 Å². The van der Waals surface area contributed by atoms with Gasteiger partial charge in [-0.15, -0.1) is 0 Å². The highest BCUT2D eigenvalue weighted by Crippen LogP contribution is 2.26. The summed E-state index contributed by atoms with van der Waals surface area (Å²) in [5, 5.41) is 2.71. The fourth-order valence-electron chi connectivity index (χ4n) is 1.53. The van der Waals surface area contributed by atoms with Crippen molar-refractivity contribution in [3.63, 3.8) is 0 Å². The molecular formula is C12H9NO3. The molecule has 0 aromatic heterocycles. The largest absolute Gasteiger partial charge is 0.459 e. The first-order chi connectivity index (χ1) is 7.70. The molecule has 0 radical (unpaired) electrons. The number of benzene rings is 1. The molecule has 4 heteroatoms. The number of fused-ring (bicyclic) bond motifs is 1. The third-order valence-electron chi connectivity index (χ3n) is 2.25. The monoisotopic (exact) mass is 215 g/mol. The van der Waals surface area contributed by atoms with Crippen LogP contribution in [-0.4, -0.2) is 19.0 Å². The van der Waals surface area contributed by atoms with Crippen molar-refractivity contribution in [1.82, 2.24) is 0 Å². The number of hydrogen-bond acceptors (Lipinski definition) is 3. The van der Waals surface area contributed by atoms with E-state index in [1.54, 1.807) is 12.1 Å². The van der Waals surface area contributed by atoms with Crippen molar-refractivity contribution >= 4 is 17.6 Å². The third kappa shape index (κ3) is 1.89. The van der Waals surface area contributed by atoms with E-state index >= 15 is 0 Å². The molecule has 0 unspecified atom stereocenters. The number of ether oxygens (including phenoxy) is 1. The maximum Gasteiger partial charge on any atom is 0.384 e. The van der Waals surface area contributed by atoms with Crippen LogP contribution >= 0.6 is 0 Å². The number of para-hydroxylation sites is 1. The van der Waals surface area contributed by atoms with Crippen LogP contribution in [-0.2, 0) is 20.7 Å². The highest BCUT2D eigenvalue weighted by Gasteiger charge is 2.19. The molecule has 16 heavy (non-hydrogen) atoms. The lowest BCUT2D eigenvalue weighted by atomic mass is 10.1. The van der Waals surface area contributed by atoms with Crippen molar-refractivity contribution in [2.24, 2.45) is 0 Å². The van der Waals surface area contributed by atoms with Gasteiger partial charge in [0.15, 0.2) is 0 Å². The van der Waals surface area contributed by atoms with Gasteiger partial charge >= 0.3 is 5.97 Å². The number of rotatable bonds is 0. The minimum atomic E-state index is -0.595. The zero-order chi connectivity index (χ0) is 11.5. The van der Waals surface area contributed by atoms with Crippen LogP contribution in [0.3, 0.4) is 0 Å². The molecule has 1 N–H and O–H groups in total. The van der Waals surface area contributed by atoms with E-state index in [0.717, 1.165) is 5.56 Å². The van der Waals surface area contributed by atoms with Crippen LogP contribution in [0, 0.1) is 11.8 Å². The van der Waals surface area contributed by atoms with Crippen LogP contribution in [0.15, 0.2) is 18.2 Å². The Bertz CT molecular complexity index is 523. The first kappa shape index (κ1) is 10.2. The van der Waals surface area contributed by atoms with Crippen LogP contribution < -0.4 is 5.32 Å². The SMILES string of the molecule is COC(=O)C#Cc1cccc2c1NC(=O)C2. The van der Waals surface area contributed by atoms with Crippen LogP contribution in [0.1, 0.15) is 11.1 Å². The van der Waals surface area contributed by atoms with Gasteiger partial charge in [0.1, 0.15) is 0 Å². The molecule has 1 aromatic carbocycles. The van der Waals surface area contributed by atoms with E-state index < -0.39 is 5.97 Å². The Labute approximate surface area is 92.6 Å². The minimum Gasteiger partial charge on any atom is -0.459 e. The summed E-state index contributed by atoms with van der Waals surface area (Å²) in [6, 6.07) is 5.41. The summed E-state index contributed by atoms with van der Waals surface area (Å²) in [5.74, 6) is 4.36. The van der Waals surface area contributed by atoms with Crippen LogP contribution in [0.2, 0.25) is 0 Å². The van der Waals surface area contributed by atoms with Gasteiger partial charge in [-0.3, -0.25) is 4.79 Å². The van der Waals surface area contributed by atoms with E-state index in [9.17, 15) is 9.59 Å². The first-order valence-corrected chi connectivity index (χ1v) is 4.72. The molecular weight excluding hydrogens is 206 g/mol. The van der Waals surface area contributed by atoms with Gasteiger partial charge in [-0.05, 0) is 11.6 Å². The maximum absolute atomic E-state index is 11.2. The van der Waals surface area contributed by atoms with Crippen molar-refractivity contribution in [2.45, 2.75) is 6.42 Å². The molecule has 0 spiro atoms. The average Bonchev–Trinajstić information content (AvgIpc) is 2.66. The Hall–Kier alpha value is -2.28. The van der Waals surface area contributed by atoms with Crippen LogP contribution in [0.5, 0.6) is 0 Å². The lowest BCUT2D eigenvalue weighted by molar-refractivity contribution is -0.133. The van der Waals surface area contributed by atoms with Gasteiger partial charge in [-0.2, -0.15) is 0 Å². The Kier molecular flexibility index (Phi) is 2.61. The minimum absolute atomic E-state index is 0.0534. The van der Waals surface area contributed by atoms with Crippen molar-refractivity contribution in [3.05, 3.63) is 29.3 Å². The number of methoxy groups -OCH3 is 1. The van der Waals surface area contributed by atoms with Crippen LogP contribution in [0.25, 0.3) is 0 Å². The van der Waals surface area contributed by atoms with E-state index in [-0.39, 0.29) is 5.91 Å². The number of hydrogen-bond donors (Lipinski definition) is 1. The Morgan fingerprint density at radius 2 is 2.31 bits per heavy atom. The molecule has 1 aliphatic heterocycles. The number of anilines is 1. The zero-order valence-corrected chi connectivity index (χ0v) is 8.66. The van der Waals surface area contributed by atoms with Gasteiger partial charge in [0.05, 0.1) is 19.2 Å². The summed E-state index contributed by atoms with van der Waals surface area (Å²) in [6.07, 6.45) is 0.364. The van der Waals surface area contributed by atoms with Crippen molar-refractivity contribution in [1.29, 1.82) is 0 Å². The predicted molar refractivity (Wildman–Crippen MR) is 57.7 cm³/mol. The second kappa shape index (κ2) is 4.07.